The highest BCUT2D eigenvalue weighted by Gasteiger charge is 2.58. The Morgan fingerprint density at radius 1 is 0.833 bits per heavy atom. The molecule has 0 radical (unpaired) electrons. The minimum atomic E-state index is -4.89. The van der Waals surface area contributed by atoms with Crippen molar-refractivity contribution >= 4 is 11.6 Å². The van der Waals surface area contributed by atoms with Crippen LogP contribution < -0.4 is 4.74 Å². The molecule has 0 unspecified atom stereocenters. The molecule has 1 fully saturated rings. The van der Waals surface area contributed by atoms with Gasteiger partial charge < -0.3 is 4.74 Å². The van der Waals surface area contributed by atoms with E-state index in [0.29, 0.717) is 26.2 Å². The summed E-state index contributed by atoms with van der Waals surface area (Å²) >= 11 is 0. The summed E-state index contributed by atoms with van der Waals surface area (Å²) in [7, 11) is 0. The minimum Gasteiger partial charge on any atom is -0.406 e. The van der Waals surface area contributed by atoms with Crippen molar-refractivity contribution in [1.29, 1.82) is 0 Å². The van der Waals surface area contributed by atoms with E-state index in [2.05, 4.69) is 28.7 Å². The maximum atomic E-state index is 13.9. The van der Waals surface area contributed by atoms with Crippen molar-refractivity contribution in [2.45, 2.75) is 25.4 Å². The van der Waals surface area contributed by atoms with Gasteiger partial charge in [-0.15, -0.1) is 13.2 Å². The number of Topliss-reactive ketones (excluding diaryl/α,β-unsaturated/α-hetero) is 2. The van der Waals surface area contributed by atoms with Crippen LogP contribution in [0.3, 0.4) is 0 Å². The molecule has 1 heterocycles. The third-order valence-corrected chi connectivity index (χ3v) is 7.06. The smallest absolute Gasteiger partial charge is 0.406 e. The molecule has 0 N–H and O–H groups in total. The Hall–Kier alpha value is -3.49. The summed E-state index contributed by atoms with van der Waals surface area (Å²) in [6, 6.07) is 19.9. The third kappa shape index (κ3) is 4.20. The average molecular weight is 495 g/mol. The van der Waals surface area contributed by atoms with E-state index in [9.17, 15) is 22.8 Å². The number of carbonyl (C=O) groups is 2. The standard InChI is InChI=1S/C28H25F3N2O3/c1-19-7-2-3-8-20(19)18-32-13-15-33(16-14-32)27(21-9-6-10-22(17-21)36-28(29,30)31)25(34)23-11-4-5-12-24(23)26(27)35/h2-12,17H,13-16,18H2,1H3. The molecular formula is C28H25F3N2O3. The first-order valence-corrected chi connectivity index (χ1v) is 11.8. The molecule has 8 heteroatoms. The maximum absolute atomic E-state index is 13.9. The zero-order valence-corrected chi connectivity index (χ0v) is 19.7. The topological polar surface area (TPSA) is 49.9 Å². The van der Waals surface area contributed by atoms with Crippen molar-refractivity contribution < 1.29 is 27.5 Å². The Morgan fingerprint density at radius 3 is 2.06 bits per heavy atom. The van der Waals surface area contributed by atoms with E-state index < -0.39 is 29.2 Å². The Kier molecular flexibility index (Phi) is 6.18. The monoisotopic (exact) mass is 494 g/mol. The zero-order valence-electron chi connectivity index (χ0n) is 19.7. The quantitative estimate of drug-likeness (QED) is 0.468. The predicted molar refractivity (Wildman–Crippen MR) is 128 cm³/mol. The molecule has 1 aliphatic heterocycles. The Balaban J connectivity index is 1.50. The van der Waals surface area contributed by atoms with Gasteiger partial charge in [0.15, 0.2) is 17.1 Å². The molecule has 0 saturated carbocycles. The highest BCUT2D eigenvalue weighted by molar-refractivity contribution is 6.32. The number of rotatable bonds is 5. The molecule has 0 amide bonds. The third-order valence-electron chi connectivity index (χ3n) is 7.06. The van der Waals surface area contributed by atoms with Crippen LogP contribution >= 0.6 is 0 Å². The summed E-state index contributed by atoms with van der Waals surface area (Å²) in [4.78, 5) is 31.9. The summed E-state index contributed by atoms with van der Waals surface area (Å²) in [6.45, 7) is 4.81. The molecule has 0 bridgehead atoms. The van der Waals surface area contributed by atoms with Crippen LogP contribution in [0.15, 0.2) is 72.8 Å². The summed E-state index contributed by atoms with van der Waals surface area (Å²) in [5, 5.41) is 0. The molecule has 3 aromatic rings. The molecule has 5 rings (SSSR count). The normalized spacial score (nSPS) is 18.3. The lowest BCUT2D eigenvalue weighted by Gasteiger charge is -2.44. The molecular weight excluding hydrogens is 469 g/mol. The van der Waals surface area contributed by atoms with Gasteiger partial charge >= 0.3 is 6.36 Å². The van der Waals surface area contributed by atoms with E-state index in [1.54, 1.807) is 24.3 Å². The lowest BCUT2D eigenvalue weighted by molar-refractivity contribution is -0.274. The number of carbonyl (C=O) groups excluding carboxylic acids is 2. The summed E-state index contributed by atoms with van der Waals surface area (Å²) < 4.78 is 43.0. The number of ketones is 2. The molecule has 1 saturated heterocycles. The fourth-order valence-electron chi connectivity index (χ4n) is 5.29. The molecule has 1 aliphatic carbocycles. The van der Waals surface area contributed by atoms with Crippen LogP contribution in [-0.2, 0) is 12.1 Å². The number of piperazine rings is 1. The average Bonchev–Trinajstić information content (AvgIpc) is 3.08. The summed E-state index contributed by atoms with van der Waals surface area (Å²) in [5.74, 6) is -1.30. The van der Waals surface area contributed by atoms with Gasteiger partial charge in [-0.25, -0.2) is 0 Å². The number of hydrogen-bond acceptors (Lipinski definition) is 5. The number of alkyl halides is 3. The Bertz CT molecular complexity index is 1280. The van der Waals surface area contributed by atoms with Crippen LogP contribution in [-0.4, -0.2) is 53.9 Å². The van der Waals surface area contributed by atoms with Gasteiger partial charge in [0.2, 0.25) is 0 Å². The van der Waals surface area contributed by atoms with Crippen molar-refractivity contribution in [2.24, 2.45) is 0 Å². The van der Waals surface area contributed by atoms with Crippen LogP contribution in [0, 0.1) is 6.92 Å². The fourth-order valence-corrected chi connectivity index (χ4v) is 5.29. The van der Waals surface area contributed by atoms with Gasteiger partial charge in [-0.2, -0.15) is 0 Å². The second kappa shape index (κ2) is 9.19. The van der Waals surface area contributed by atoms with E-state index in [-0.39, 0.29) is 16.7 Å². The molecule has 2 aliphatic rings. The SMILES string of the molecule is Cc1ccccc1CN1CCN(C2(c3cccc(OC(F)(F)F)c3)C(=O)c3ccccc3C2=O)CC1. The first-order chi connectivity index (χ1) is 17.2. The van der Waals surface area contributed by atoms with Crippen LogP contribution in [0.1, 0.15) is 37.4 Å². The molecule has 5 nitrogen and oxygen atoms in total. The van der Waals surface area contributed by atoms with E-state index >= 15 is 0 Å². The number of benzene rings is 3. The van der Waals surface area contributed by atoms with E-state index in [1.165, 1.54) is 29.3 Å². The van der Waals surface area contributed by atoms with Crippen LogP contribution in [0.25, 0.3) is 0 Å². The summed E-state index contributed by atoms with van der Waals surface area (Å²) in [5.41, 5.74) is 1.41. The number of fused-ring (bicyclic) bond motifs is 1. The van der Waals surface area contributed by atoms with Gasteiger partial charge in [0, 0.05) is 43.9 Å². The van der Waals surface area contributed by atoms with Gasteiger partial charge in [0.05, 0.1) is 0 Å². The van der Waals surface area contributed by atoms with Crippen molar-refractivity contribution in [3.05, 3.63) is 101 Å². The van der Waals surface area contributed by atoms with Crippen LogP contribution in [0.2, 0.25) is 0 Å². The lowest BCUT2D eigenvalue weighted by Crippen LogP contribution is -2.60. The van der Waals surface area contributed by atoms with Gasteiger partial charge in [-0.05, 0) is 35.7 Å². The largest absolute Gasteiger partial charge is 0.573 e. The van der Waals surface area contributed by atoms with E-state index in [4.69, 9.17) is 0 Å². The van der Waals surface area contributed by atoms with Crippen LogP contribution in [0.5, 0.6) is 5.75 Å². The number of ether oxygens (including phenoxy) is 1. The summed E-state index contributed by atoms with van der Waals surface area (Å²) in [6.07, 6.45) is -4.89. The molecule has 0 atom stereocenters. The Morgan fingerprint density at radius 2 is 1.44 bits per heavy atom. The molecule has 0 spiro atoms. The molecule has 3 aromatic carbocycles. The number of nitrogens with zero attached hydrogens (tertiary/aromatic N) is 2. The molecule has 0 aromatic heterocycles. The number of hydrogen-bond donors (Lipinski definition) is 0. The van der Waals surface area contributed by atoms with Gasteiger partial charge in [-0.1, -0.05) is 60.7 Å². The van der Waals surface area contributed by atoms with Gasteiger partial charge in [0.25, 0.3) is 0 Å². The van der Waals surface area contributed by atoms with Crippen molar-refractivity contribution in [1.82, 2.24) is 9.80 Å². The first kappa shape index (κ1) is 24.2. The van der Waals surface area contributed by atoms with Crippen molar-refractivity contribution in [3.63, 3.8) is 0 Å². The highest BCUT2D eigenvalue weighted by Crippen LogP contribution is 2.44. The van der Waals surface area contributed by atoms with E-state index in [0.717, 1.165) is 12.6 Å². The Labute approximate surface area is 207 Å². The first-order valence-electron chi connectivity index (χ1n) is 11.8. The van der Waals surface area contributed by atoms with Gasteiger partial charge in [0.1, 0.15) is 5.75 Å². The van der Waals surface area contributed by atoms with Gasteiger partial charge in [-0.3, -0.25) is 19.4 Å². The zero-order chi connectivity index (χ0) is 25.5. The van der Waals surface area contributed by atoms with Crippen LogP contribution in [0.4, 0.5) is 13.2 Å². The predicted octanol–water partition coefficient (Wildman–Crippen LogP) is 4.99. The number of aryl methyl sites for hydroxylation is 1. The second-order valence-electron chi connectivity index (χ2n) is 9.18. The molecule has 186 valence electrons. The molecule has 36 heavy (non-hydrogen) atoms. The second-order valence-corrected chi connectivity index (χ2v) is 9.18. The minimum absolute atomic E-state index is 0.183. The van der Waals surface area contributed by atoms with Crippen molar-refractivity contribution in [2.75, 3.05) is 26.2 Å². The maximum Gasteiger partial charge on any atom is 0.573 e. The highest BCUT2D eigenvalue weighted by atomic mass is 19.4. The fraction of sp³-hybridized carbons (Fsp3) is 0.286. The number of halogens is 3. The van der Waals surface area contributed by atoms with E-state index in [1.807, 2.05) is 17.0 Å². The lowest BCUT2D eigenvalue weighted by atomic mass is 9.82. The van der Waals surface area contributed by atoms with Crippen molar-refractivity contribution in [3.8, 4) is 5.75 Å².